The van der Waals surface area contributed by atoms with Crippen molar-refractivity contribution in [1.29, 1.82) is 0 Å². The molecule has 0 aromatic heterocycles. The molecule has 4 nitrogen and oxygen atoms in total. The first-order valence-electron chi connectivity index (χ1n) is 5.57. The molecule has 0 aliphatic carbocycles. The molecule has 0 bridgehead atoms. The lowest BCUT2D eigenvalue weighted by molar-refractivity contribution is 0.0194. The van der Waals surface area contributed by atoms with Crippen LogP contribution in [0.25, 0.3) is 0 Å². The Kier molecular flexibility index (Phi) is 4.13. The Bertz CT molecular complexity index is 286. The first-order valence-corrected chi connectivity index (χ1v) is 5.97. The van der Waals surface area contributed by atoms with Crippen molar-refractivity contribution < 1.29 is 9.53 Å². The summed E-state index contributed by atoms with van der Waals surface area (Å²) >= 11 is 4.96. The van der Waals surface area contributed by atoms with E-state index in [2.05, 4.69) is 0 Å². The van der Waals surface area contributed by atoms with E-state index in [9.17, 15) is 4.79 Å². The largest absolute Gasteiger partial charge is 0.444 e. The fraction of sp³-hybridized carbons (Fsp3) is 0.818. The second kappa shape index (κ2) is 4.99. The van der Waals surface area contributed by atoms with Gasteiger partial charge >= 0.3 is 6.09 Å². The van der Waals surface area contributed by atoms with Crippen LogP contribution in [0.3, 0.4) is 0 Å². The fourth-order valence-corrected chi connectivity index (χ4v) is 1.89. The lowest BCUT2D eigenvalue weighted by Crippen LogP contribution is -2.45. The highest BCUT2D eigenvalue weighted by Crippen LogP contribution is 2.19. The van der Waals surface area contributed by atoms with Gasteiger partial charge in [-0.25, -0.2) is 4.79 Å². The third-order valence-corrected chi connectivity index (χ3v) is 2.81. The van der Waals surface area contributed by atoms with Crippen LogP contribution in [-0.4, -0.2) is 34.7 Å². The predicted molar refractivity (Wildman–Crippen MR) is 67.3 cm³/mol. The lowest BCUT2D eigenvalue weighted by Gasteiger charge is -2.33. The van der Waals surface area contributed by atoms with Crippen LogP contribution >= 0.6 is 12.2 Å². The van der Waals surface area contributed by atoms with Gasteiger partial charge in [0.05, 0.1) is 4.99 Å². The maximum Gasteiger partial charge on any atom is 0.410 e. The molecule has 92 valence electrons. The number of rotatable bonds is 1. The van der Waals surface area contributed by atoms with Crippen molar-refractivity contribution in [1.82, 2.24) is 4.90 Å². The van der Waals surface area contributed by atoms with Crippen LogP contribution in [-0.2, 0) is 4.74 Å². The third-order valence-electron chi connectivity index (χ3n) is 2.48. The number of hydrogen-bond acceptors (Lipinski definition) is 3. The number of thiocarbonyl (C=S) groups is 1. The zero-order chi connectivity index (χ0) is 12.3. The number of carbonyl (C=O) groups is 1. The number of hydrogen-bond donors (Lipinski definition) is 1. The average molecular weight is 244 g/mol. The van der Waals surface area contributed by atoms with E-state index in [4.69, 9.17) is 22.7 Å². The zero-order valence-corrected chi connectivity index (χ0v) is 11.0. The van der Waals surface area contributed by atoms with Gasteiger partial charge in [-0.1, -0.05) is 12.2 Å². The van der Waals surface area contributed by atoms with Gasteiger partial charge in [-0.3, -0.25) is 0 Å². The molecule has 1 fully saturated rings. The summed E-state index contributed by atoms with van der Waals surface area (Å²) in [5.74, 6) is 0.135. The monoisotopic (exact) mass is 244 g/mol. The predicted octanol–water partition coefficient (Wildman–Crippen LogP) is 1.92. The Balaban J connectivity index is 2.54. The molecule has 0 spiro atoms. The van der Waals surface area contributed by atoms with E-state index in [1.807, 2.05) is 20.8 Å². The maximum atomic E-state index is 11.8. The molecule has 0 unspecified atom stereocenters. The van der Waals surface area contributed by atoms with Crippen LogP contribution < -0.4 is 5.73 Å². The molecule has 0 aromatic rings. The number of likely N-dealkylation sites (tertiary alicyclic amines) is 1. The van der Waals surface area contributed by atoms with Crippen molar-refractivity contribution in [2.75, 3.05) is 13.1 Å². The molecular formula is C11H20N2O2S. The summed E-state index contributed by atoms with van der Waals surface area (Å²) in [4.78, 5) is 14.0. The minimum Gasteiger partial charge on any atom is -0.444 e. The van der Waals surface area contributed by atoms with E-state index in [0.717, 1.165) is 19.4 Å². The normalized spacial score (nSPS) is 21.7. The highest BCUT2D eigenvalue weighted by Gasteiger charge is 2.28. The summed E-state index contributed by atoms with van der Waals surface area (Å²) in [6, 6.07) is 0. The second-order valence-electron chi connectivity index (χ2n) is 5.17. The van der Waals surface area contributed by atoms with Crippen molar-refractivity contribution in [3.8, 4) is 0 Å². The van der Waals surface area contributed by atoms with Crippen LogP contribution in [0, 0.1) is 5.92 Å². The van der Waals surface area contributed by atoms with Crippen molar-refractivity contribution >= 4 is 23.3 Å². The highest BCUT2D eigenvalue weighted by molar-refractivity contribution is 7.80. The average Bonchev–Trinajstić information content (AvgIpc) is 2.15. The van der Waals surface area contributed by atoms with Crippen molar-refractivity contribution in [2.45, 2.75) is 39.2 Å². The summed E-state index contributed by atoms with van der Waals surface area (Å²) in [5, 5.41) is 0. The Morgan fingerprint density at radius 3 is 2.62 bits per heavy atom. The standard InChI is InChI=1S/C11H20N2O2S/c1-11(2,3)15-10(14)13-6-4-5-8(7-13)9(12)16/h8H,4-7H2,1-3H3,(H2,12,16)/t8-/m1/s1. The Hall–Kier alpha value is -0.840. The van der Waals surface area contributed by atoms with Crippen LogP contribution in [0.4, 0.5) is 4.79 Å². The molecule has 5 heteroatoms. The molecule has 1 atom stereocenters. The van der Waals surface area contributed by atoms with Gasteiger partial charge in [0, 0.05) is 19.0 Å². The van der Waals surface area contributed by atoms with Crippen LogP contribution in [0.1, 0.15) is 33.6 Å². The van der Waals surface area contributed by atoms with Gasteiger partial charge in [-0.2, -0.15) is 0 Å². The minimum absolute atomic E-state index is 0.135. The number of nitrogens with zero attached hydrogens (tertiary/aromatic N) is 1. The third kappa shape index (κ3) is 3.96. The number of carbonyl (C=O) groups excluding carboxylic acids is 1. The molecular weight excluding hydrogens is 224 g/mol. The molecule has 1 saturated heterocycles. The molecule has 2 N–H and O–H groups in total. The Morgan fingerprint density at radius 1 is 1.50 bits per heavy atom. The van der Waals surface area contributed by atoms with Gasteiger partial charge in [0.2, 0.25) is 0 Å². The number of ether oxygens (including phenoxy) is 1. The van der Waals surface area contributed by atoms with Crippen LogP contribution in [0.15, 0.2) is 0 Å². The van der Waals surface area contributed by atoms with Gasteiger partial charge in [-0.05, 0) is 33.6 Å². The van der Waals surface area contributed by atoms with Gasteiger partial charge < -0.3 is 15.4 Å². The molecule has 1 aliphatic rings. The van der Waals surface area contributed by atoms with E-state index >= 15 is 0 Å². The van der Waals surface area contributed by atoms with Crippen molar-refractivity contribution in [3.63, 3.8) is 0 Å². The minimum atomic E-state index is -0.451. The van der Waals surface area contributed by atoms with Crippen LogP contribution in [0.2, 0.25) is 0 Å². The van der Waals surface area contributed by atoms with Crippen LogP contribution in [0.5, 0.6) is 0 Å². The first-order chi connectivity index (χ1) is 7.29. The van der Waals surface area contributed by atoms with E-state index in [1.165, 1.54) is 0 Å². The van der Waals surface area contributed by atoms with E-state index in [1.54, 1.807) is 4.90 Å². The zero-order valence-electron chi connectivity index (χ0n) is 10.2. The molecule has 0 saturated carbocycles. The van der Waals surface area contributed by atoms with Crippen molar-refractivity contribution in [2.24, 2.45) is 11.7 Å². The summed E-state index contributed by atoms with van der Waals surface area (Å²) in [5.41, 5.74) is 5.16. The molecule has 16 heavy (non-hydrogen) atoms. The Morgan fingerprint density at radius 2 is 2.12 bits per heavy atom. The fourth-order valence-electron chi connectivity index (χ4n) is 1.70. The van der Waals surface area contributed by atoms with Gasteiger partial charge in [0.15, 0.2) is 0 Å². The maximum absolute atomic E-state index is 11.8. The topological polar surface area (TPSA) is 55.6 Å². The number of amides is 1. The number of piperidine rings is 1. The molecule has 1 amide bonds. The lowest BCUT2D eigenvalue weighted by atomic mass is 9.98. The molecule has 1 heterocycles. The summed E-state index contributed by atoms with van der Waals surface area (Å²) in [6.07, 6.45) is 1.63. The van der Waals surface area contributed by atoms with E-state index in [0.29, 0.717) is 11.5 Å². The van der Waals surface area contributed by atoms with Gasteiger partial charge in [0.1, 0.15) is 5.60 Å². The summed E-state index contributed by atoms with van der Waals surface area (Å²) in [7, 11) is 0. The molecule has 0 aromatic carbocycles. The number of nitrogens with two attached hydrogens (primary N) is 1. The van der Waals surface area contributed by atoms with Gasteiger partial charge in [-0.15, -0.1) is 0 Å². The SMILES string of the molecule is CC(C)(C)OC(=O)N1CCC[C@@H](C(N)=S)C1. The second-order valence-corrected chi connectivity index (χ2v) is 5.64. The quantitative estimate of drug-likeness (QED) is 0.716. The van der Waals surface area contributed by atoms with Gasteiger partial charge in [0.25, 0.3) is 0 Å². The van der Waals surface area contributed by atoms with E-state index < -0.39 is 5.60 Å². The summed E-state index contributed by atoms with van der Waals surface area (Å²) in [6.45, 7) is 6.90. The first kappa shape index (κ1) is 13.2. The van der Waals surface area contributed by atoms with E-state index in [-0.39, 0.29) is 12.0 Å². The molecule has 0 radical (unpaired) electrons. The highest BCUT2D eigenvalue weighted by atomic mass is 32.1. The van der Waals surface area contributed by atoms with Crippen molar-refractivity contribution in [3.05, 3.63) is 0 Å². The summed E-state index contributed by atoms with van der Waals surface area (Å²) < 4.78 is 5.31. The smallest absolute Gasteiger partial charge is 0.410 e. The molecule has 1 rings (SSSR count). The Labute approximate surface area is 102 Å². The molecule has 1 aliphatic heterocycles.